The third kappa shape index (κ3) is 5.17. The van der Waals surface area contributed by atoms with E-state index < -0.39 is 43.9 Å². The standard InChI is InChI=1S/C20H19F4N2O3S/c21-15-2-1-13(20(27)26-14-10-16(22)19(24)17(23)11-14)9-18(15)30(28,29)8-5-12-3-6-25-7-4-12/h1-2,8-12,25H,3-7H2,(H,26,27). The minimum Gasteiger partial charge on any atom is -0.322 e. The maximum atomic E-state index is 14.2. The monoisotopic (exact) mass is 443 g/mol. The van der Waals surface area contributed by atoms with Gasteiger partial charge in [0.05, 0.1) is 5.75 Å². The molecule has 0 saturated carbocycles. The molecule has 1 heterocycles. The fourth-order valence-electron chi connectivity index (χ4n) is 3.16. The zero-order valence-corrected chi connectivity index (χ0v) is 16.5. The third-order valence-electron chi connectivity index (χ3n) is 4.85. The van der Waals surface area contributed by atoms with Gasteiger partial charge in [0, 0.05) is 23.4 Å². The van der Waals surface area contributed by atoms with Crippen molar-refractivity contribution < 1.29 is 30.8 Å². The molecule has 2 N–H and O–H groups in total. The van der Waals surface area contributed by atoms with Gasteiger partial charge in [0.1, 0.15) is 10.7 Å². The van der Waals surface area contributed by atoms with Crippen LogP contribution in [0.1, 0.15) is 29.6 Å². The summed E-state index contributed by atoms with van der Waals surface area (Å²) >= 11 is 0. The van der Waals surface area contributed by atoms with Gasteiger partial charge in [-0.1, -0.05) is 0 Å². The number of carbonyl (C=O) groups excluding carboxylic acids is 1. The van der Waals surface area contributed by atoms with Crippen LogP contribution in [0.4, 0.5) is 23.2 Å². The summed E-state index contributed by atoms with van der Waals surface area (Å²) in [4.78, 5) is 11.7. The number of nitrogens with one attached hydrogen (secondary N) is 2. The molecule has 1 aliphatic rings. The number of anilines is 1. The number of rotatable bonds is 6. The van der Waals surface area contributed by atoms with Gasteiger partial charge in [0.2, 0.25) is 0 Å². The van der Waals surface area contributed by atoms with Gasteiger partial charge < -0.3 is 10.6 Å². The average Bonchev–Trinajstić information content (AvgIpc) is 2.71. The van der Waals surface area contributed by atoms with E-state index in [9.17, 15) is 30.8 Å². The van der Waals surface area contributed by atoms with E-state index in [4.69, 9.17) is 0 Å². The predicted octanol–water partition coefficient (Wildman–Crippen LogP) is 3.82. The van der Waals surface area contributed by atoms with Crippen molar-refractivity contribution >= 4 is 21.4 Å². The molecular weight excluding hydrogens is 424 g/mol. The molecule has 0 bridgehead atoms. The Morgan fingerprint density at radius 1 is 1.03 bits per heavy atom. The molecule has 1 fully saturated rings. The summed E-state index contributed by atoms with van der Waals surface area (Å²) in [6.07, 6.45) is 1.87. The Morgan fingerprint density at radius 2 is 1.67 bits per heavy atom. The third-order valence-corrected chi connectivity index (χ3v) is 6.41. The van der Waals surface area contributed by atoms with E-state index in [1.54, 1.807) is 0 Å². The highest BCUT2D eigenvalue weighted by molar-refractivity contribution is 7.93. The highest BCUT2D eigenvalue weighted by Crippen LogP contribution is 2.26. The molecule has 3 rings (SSSR count). The summed E-state index contributed by atoms with van der Waals surface area (Å²) < 4.78 is 79.0. The second kappa shape index (κ2) is 9.13. The second-order valence-electron chi connectivity index (χ2n) is 6.99. The molecule has 2 aromatic rings. The normalized spacial score (nSPS) is 15.2. The number of carbonyl (C=O) groups is 1. The number of benzene rings is 2. The number of amides is 1. The van der Waals surface area contributed by atoms with Crippen LogP contribution >= 0.6 is 0 Å². The van der Waals surface area contributed by atoms with Crippen LogP contribution in [-0.2, 0) is 9.84 Å². The zero-order valence-electron chi connectivity index (χ0n) is 15.7. The fraction of sp³-hybridized carbons (Fsp3) is 0.300. The average molecular weight is 443 g/mol. The van der Waals surface area contributed by atoms with Gasteiger partial charge in [-0.25, -0.2) is 26.0 Å². The summed E-state index contributed by atoms with van der Waals surface area (Å²) in [5.74, 6) is -5.43. The Labute approximate surface area is 171 Å². The SMILES string of the molecule is O=C(Nc1cc(F)c(F)c(F)c1)c1ccc(F)c(S(=O)(=O)[CH]CC2CCNCC2)c1. The van der Waals surface area contributed by atoms with Crippen LogP contribution in [0, 0.1) is 34.9 Å². The first-order valence-corrected chi connectivity index (χ1v) is 10.8. The summed E-state index contributed by atoms with van der Waals surface area (Å²) in [6.45, 7) is 1.57. The quantitative estimate of drug-likeness (QED) is 0.526. The van der Waals surface area contributed by atoms with Crippen LogP contribution in [-0.4, -0.2) is 27.4 Å². The predicted molar refractivity (Wildman–Crippen MR) is 102 cm³/mol. The molecule has 2 aromatic carbocycles. The van der Waals surface area contributed by atoms with Crippen molar-refractivity contribution in [2.24, 2.45) is 5.92 Å². The van der Waals surface area contributed by atoms with Gasteiger partial charge >= 0.3 is 0 Å². The molecule has 10 heteroatoms. The number of hydrogen-bond acceptors (Lipinski definition) is 4. The molecule has 0 aliphatic carbocycles. The first-order valence-electron chi connectivity index (χ1n) is 9.22. The molecule has 0 spiro atoms. The van der Waals surface area contributed by atoms with E-state index >= 15 is 0 Å². The highest BCUT2D eigenvalue weighted by atomic mass is 32.2. The molecular formula is C20H19F4N2O3S. The van der Waals surface area contributed by atoms with Gasteiger partial charge in [-0.15, -0.1) is 0 Å². The summed E-state index contributed by atoms with van der Waals surface area (Å²) in [5, 5.41) is 5.30. The van der Waals surface area contributed by atoms with Crippen LogP contribution in [0.5, 0.6) is 0 Å². The Kier molecular flexibility index (Phi) is 6.77. The van der Waals surface area contributed by atoms with Crippen LogP contribution in [0.15, 0.2) is 35.2 Å². The molecule has 1 saturated heterocycles. The van der Waals surface area contributed by atoms with Gasteiger partial charge in [-0.05, 0) is 56.5 Å². The molecule has 0 atom stereocenters. The second-order valence-corrected chi connectivity index (χ2v) is 8.86. The lowest BCUT2D eigenvalue weighted by atomic mass is 9.96. The van der Waals surface area contributed by atoms with E-state index in [0.717, 1.165) is 49.9 Å². The number of hydrogen-bond donors (Lipinski definition) is 2. The lowest BCUT2D eigenvalue weighted by Crippen LogP contribution is -2.28. The fourth-order valence-corrected chi connectivity index (χ4v) is 4.50. The first-order chi connectivity index (χ1) is 14.2. The molecule has 0 aromatic heterocycles. The van der Waals surface area contributed by atoms with E-state index in [2.05, 4.69) is 10.6 Å². The van der Waals surface area contributed by atoms with Crippen LogP contribution < -0.4 is 10.6 Å². The topological polar surface area (TPSA) is 75.3 Å². The molecule has 1 amide bonds. The summed E-state index contributed by atoms with van der Waals surface area (Å²) in [5.41, 5.74) is -0.613. The van der Waals surface area contributed by atoms with E-state index in [-0.39, 0.29) is 23.6 Å². The molecule has 30 heavy (non-hydrogen) atoms. The van der Waals surface area contributed by atoms with E-state index in [1.165, 1.54) is 0 Å². The minimum atomic E-state index is -4.11. The molecule has 1 aliphatic heterocycles. The van der Waals surface area contributed by atoms with Crippen molar-refractivity contribution in [1.29, 1.82) is 0 Å². The zero-order chi connectivity index (χ0) is 21.9. The Bertz CT molecular complexity index is 1030. The Morgan fingerprint density at radius 3 is 2.30 bits per heavy atom. The van der Waals surface area contributed by atoms with Crippen LogP contribution in [0.2, 0.25) is 0 Å². The van der Waals surface area contributed by atoms with Crippen molar-refractivity contribution in [3.05, 3.63) is 64.9 Å². The van der Waals surface area contributed by atoms with Gasteiger partial charge in [-0.2, -0.15) is 0 Å². The van der Waals surface area contributed by atoms with E-state index in [1.807, 2.05) is 0 Å². The van der Waals surface area contributed by atoms with Gasteiger partial charge in [0.15, 0.2) is 27.3 Å². The summed E-state index contributed by atoms with van der Waals surface area (Å²) in [7, 11) is -4.11. The van der Waals surface area contributed by atoms with E-state index in [0.29, 0.717) is 12.1 Å². The lowest BCUT2D eigenvalue weighted by molar-refractivity contribution is 0.102. The molecule has 0 unspecified atom stereocenters. The largest absolute Gasteiger partial charge is 0.322 e. The minimum absolute atomic E-state index is 0.166. The maximum Gasteiger partial charge on any atom is 0.255 e. The van der Waals surface area contributed by atoms with Crippen molar-refractivity contribution in [1.82, 2.24) is 5.32 Å². The Balaban J connectivity index is 1.77. The lowest BCUT2D eigenvalue weighted by Gasteiger charge is -2.22. The molecule has 5 nitrogen and oxygen atoms in total. The van der Waals surface area contributed by atoms with Crippen molar-refractivity contribution in [3.63, 3.8) is 0 Å². The van der Waals surface area contributed by atoms with Crippen LogP contribution in [0.25, 0.3) is 0 Å². The summed E-state index contributed by atoms with van der Waals surface area (Å²) in [6, 6.07) is 3.86. The first kappa shape index (κ1) is 22.2. The number of sulfone groups is 1. The van der Waals surface area contributed by atoms with Crippen LogP contribution in [0.3, 0.4) is 0 Å². The van der Waals surface area contributed by atoms with Crippen molar-refractivity contribution in [2.45, 2.75) is 24.2 Å². The van der Waals surface area contributed by atoms with Gasteiger partial charge in [0.25, 0.3) is 5.91 Å². The Hall–Kier alpha value is -2.46. The molecule has 1 radical (unpaired) electrons. The number of piperidine rings is 1. The highest BCUT2D eigenvalue weighted by Gasteiger charge is 2.24. The number of halogens is 4. The maximum absolute atomic E-state index is 14.2. The molecule has 161 valence electrons. The van der Waals surface area contributed by atoms with Crippen molar-refractivity contribution in [3.8, 4) is 0 Å². The van der Waals surface area contributed by atoms with Crippen molar-refractivity contribution in [2.75, 3.05) is 18.4 Å². The van der Waals surface area contributed by atoms with Gasteiger partial charge in [-0.3, -0.25) is 4.79 Å². The smallest absolute Gasteiger partial charge is 0.255 e.